The van der Waals surface area contributed by atoms with Crippen molar-refractivity contribution in [3.8, 4) is 0 Å². The Hall–Kier alpha value is -2.96. The van der Waals surface area contributed by atoms with Crippen LogP contribution in [0, 0.1) is 6.92 Å². The minimum Gasteiger partial charge on any atom is -0.385 e. The lowest BCUT2D eigenvalue weighted by Crippen LogP contribution is -2.48. The topological polar surface area (TPSA) is 49.9 Å². The minimum atomic E-state index is -0.265. The van der Waals surface area contributed by atoms with E-state index in [1.165, 1.54) is 16.0 Å². The van der Waals surface area contributed by atoms with Crippen molar-refractivity contribution in [2.45, 2.75) is 45.1 Å². The average Bonchev–Trinajstić information content (AvgIpc) is 3.38. The number of carbonyl (C=O) groups is 2. The second-order valence-corrected chi connectivity index (χ2v) is 10.4. The van der Waals surface area contributed by atoms with E-state index in [4.69, 9.17) is 4.74 Å². The number of fused-ring (bicyclic) bond motifs is 1. The lowest BCUT2D eigenvalue weighted by molar-refractivity contribution is -0.142. The summed E-state index contributed by atoms with van der Waals surface area (Å²) < 4.78 is 5.25. The van der Waals surface area contributed by atoms with Gasteiger partial charge in [-0.05, 0) is 54.3 Å². The summed E-state index contributed by atoms with van der Waals surface area (Å²) in [4.78, 5) is 32.7. The molecule has 2 aromatic carbocycles. The number of carbonyl (C=O) groups excluding carboxylic acids is 2. The monoisotopic (exact) mass is 504 g/mol. The molecule has 0 saturated carbocycles. The molecule has 0 N–H and O–H groups in total. The first-order valence-electron chi connectivity index (χ1n) is 12.8. The van der Waals surface area contributed by atoms with Crippen LogP contribution in [0.25, 0.3) is 0 Å². The minimum absolute atomic E-state index is 0.00766. The third kappa shape index (κ3) is 5.88. The molecule has 2 amide bonds. The fourth-order valence-electron chi connectivity index (χ4n) is 5.07. The van der Waals surface area contributed by atoms with Crippen LogP contribution in [0.5, 0.6) is 0 Å². The Kier molecular flexibility index (Phi) is 8.94. The van der Waals surface area contributed by atoms with Crippen LogP contribution in [-0.2, 0) is 20.7 Å². The van der Waals surface area contributed by atoms with Gasteiger partial charge in [-0.15, -0.1) is 11.3 Å². The van der Waals surface area contributed by atoms with E-state index in [0.29, 0.717) is 32.5 Å². The molecule has 0 bridgehead atoms. The van der Waals surface area contributed by atoms with Crippen molar-refractivity contribution in [2.24, 2.45) is 0 Å². The first kappa shape index (κ1) is 26.1. The molecule has 1 aromatic heterocycles. The van der Waals surface area contributed by atoms with Crippen LogP contribution in [-0.4, -0.2) is 55.0 Å². The zero-order valence-corrected chi connectivity index (χ0v) is 22.3. The predicted molar refractivity (Wildman–Crippen MR) is 145 cm³/mol. The summed E-state index contributed by atoms with van der Waals surface area (Å²) >= 11 is 1.76. The molecule has 0 aliphatic carbocycles. The molecule has 0 saturated heterocycles. The van der Waals surface area contributed by atoms with Crippen LogP contribution < -0.4 is 0 Å². The van der Waals surface area contributed by atoms with E-state index in [0.717, 1.165) is 17.5 Å². The normalized spacial score (nSPS) is 15.9. The van der Waals surface area contributed by atoms with Crippen molar-refractivity contribution in [1.29, 1.82) is 0 Å². The van der Waals surface area contributed by atoms with Gasteiger partial charge in [-0.1, -0.05) is 67.1 Å². The summed E-state index contributed by atoms with van der Waals surface area (Å²) in [5.74, 6) is -0.265. The van der Waals surface area contributed by atoms with Crippen molar-refractivity contribution < 1.29 is 14.3 Å². The third-order valence-electron chi connectivity index (χ3n) is 7.00. The van der Waals surface area contributed by atoms with Gasteiger partial charge in [0.05, 0.1) is 18.5 Å². The van der Waals surface area contributed by atoms with E-state index in [9.17, 15) is 9.59 Å². The van der Waals surface area contributed by atoms with Crippen LogP contribution in [0.4, 0.5) is 0 Å². The maximum Gasteiger partial charge on any atom is 0.242 e. The summed E-state index contributed by atoms with van der Waals surface area (Å²) in [6, 6.07) is 20.3. The van der Waals surface area contributed by atoms with E-state index < -0.39 is 0 Å². The van der Waals surface area contributed by atoms with Crippen molar-refractivity contribution in [2.75, 3.05) is 33.4 Å². The summed E-state index contributed by atoms with van der Waals surface area (Å²) in [6.07, 6.45) is 2.23. The molecule has 0 fully saturated rings. The molecule has 2 atom stereocenters. The number of hydrogen-bond acceptors (Lipinski definition) is 4. The van der Waals surface area contributed by atoms with Crippen LogP contribution in [0.1, 0.15) is 58.9 Å². The zero-order valence-electron chi connectivity index (χ0n) is 21.5. The smallest absolute Gasteiger partial charge is 0.242 e. The highest BCUT2D eigenvalue weighted by molar-refractivity contribution is 7.10. The SMILES string of the molecule is CCC(C(=O)N(CCCOC)CC(=O)N1CCc2sccc2C1c1ccc(C)cc1)c1ccccc1. The molecule has 1 aliphatic heterocycles. The number of methoxy groups -OCH3 is 1. The Morgan fingerprint density at radius 1 is 1.11 bits per heavy atom. The number of amides is 2. The fourth-order valence-corrected chi connectivity index (χ4v) is 5.98. The molecule has 1 aliphatic rings. The molecule has 2 heterocycles. The van der Waals surface area contributed by atoms with Crippen LogP contribution >= 0.6 is 11.3 Å². The first-order chi connectivity index (χ1) is 17.5. The molecule has 4 rings (SSSR count). The number of hydrogen-bond donors (Lipinski definition) is 0. The van der Waals surface area contributed by atoms with Crippen molar-refractivity contribution in [3.63, 3.8) is 0 Å². The van der Waals surface area contributed by atoms with E-state index in [1.807, 2.05) is 42.2 Å². The molecule has 6 heteroatoms. The third-order valence-corrected chi connectivity index (χ3v) is 8.00. The van der Waals surface area contributed by atoms with E-state index in [-0.39, 0.29) is 30.3 Å². The second-order valence-electron chi connectivity index (χ2n) is 9.43. The molecular weight excluding hydrogens is 468 g/mol. The van der Waals surface area contributed by atoms with Gasteiger partial charge in [-0.25, -0.2) is 0 Å². The maximum absolute atomic E-state index is 13.9. The van der Waals surface area contributed by atoms with Gasteiger partial charge in [-0.2, -0.15) is 0 Å². The van der Waals surface area contributed by atoms with E-state index in [1.54, 1.807) is 23.3 Å². The number of aryl methyl sites for hydroxylation is 1. The Morgan fingerprint density at radius 3 is 2.56 bits per heavy atom. The largest absolute Gasteiger partial charge is 0.385 e. The van der Waals surface area contributed by atoms with E-state index >= 15 is 0 Å². The summed E-state index contributed by atoms with van der Waals surface area (Å²) in [7, 11) is 1.66. The van der Waals surface area contributed by atoms with Gasteiger partial charge in [0.15, 0.2) is 0 Å². The van der Waals surface area contributed by atoms with Gasteiger partial charge in [0.2, 0.25) is 11.8 Å². The van der Waals surface area contributed by atoms with E-state index in [2.05, 4.69) is 42.6 Å². The highest BCUT2D eigenvalue weighted by Crippen LogP contribution is 2.38. The highest BCUT2D eigenvalue weighted by atomic mass is 32.1. The lowest BCUT2D eigenvalue weighted by atomic mass is 9.92. The number of benzene rings is 2. The number of rotatable bonds is 10. The second kappa shape index (κ2) is 12.3. The van der Waals surface area contributed by atoms with Gasteiger partial charge < -0.3 is 14.5 Å². The summed E-state index contributed by atoms with van der Waals surface area (Å²) in [5, 5.41) is 2.12. The van der Waals surface area contributed by atoms with Crippen LogP contribution in [0.2, 0.25) is 0 Å². The van der Waals surface area contributed by atoms with Crippen LogP contribution in [0.15, 0.2) is 66.0 Å². The molecular formula is C30H36N2O3S. The Morgan fingerprint density at radius 2 is 1.86 bits per heavy atom. The Labute approximate surface area is 218 Å². The first-order valence-corrected chi connectivity index (χ1v) is 13.7. The standard InChI is InChI=1S/C30H36N2O3S/c1-4-25(23-9-6-5-7-10-23)30(34)31(17-8-19-35-3)21-28(33)32-18-15-27-26(16-20-36-27)29(32)24-13-11-22(2)12-14-24/h5-7,9-14,16,20,25,29H,4,8,15,17-19,21H2,1-3H3. The summed E-state index contributed by atoms with van der Waals surface area (Å²) in [5.41, 5.74) is 4.50. The van der Waals surface area contributed by atoms with Crippen LogP contribution in [0.3, 0.4) is 0 Å². The number of ether oxygens (including phenoxy) is 1. The molecule has 36 heavy (non-hydrogen) atoms. The molecule has 190 valence electrons. The van der Waals surface area contributed by atoms with Gasteiger partial charge in [0.1, 0.15) is 0 Å². The lowest BCUT2D eigenvalue weighted by Gasteiger charge is -2.38. The summed E-state index contributed by atoms with van der Waals surface area (Å²) in [6.45, 7) is 5.88. The number of thiophene rings is 1. The van der Waals surface area contributed by atoms with Crippen molar-refractivity contribution in [1.82, 2.24) is 9.80 Å². The van der Waals surface area contributed by atoms with Gasteiger partial charge in [-0.3, -0.25) is 9.59 Å². The average molecular weight is 505 g/mol. The quantitative estimate of drug-likeness (QED) is 0.338. The van der Waals surface area contributed by atoms with Crippen molar-refractivity contribution in [3.05, 3.63) is 93.2 Å². The molecule has 0 spiro atoms. The Balaban J connectivity index is 1.59. The predicted octanol–water partition coefficient (Wildman–Crippen LogP) is 5.59. The highest BCUT2D eigenvalue weighted by Gasteiger charge is 2.34. The molecule has 5 nitrogen and oxygen atoms in total. The molecule has 2 unspecified atom stereocenters. The van der Waals surface area contributed by atoms with Gasteiger partial charge >= 0.3 is 0 Å². The van der Waals surface area contributed by atoms with Crippen molar-refractivity contribution >= 4 is 23.2 Å². The fraction of sp³-hybridized carbons (Fsp3) is 0.400. The maximum atomic E-state index is 13.9. The van der Waals surface area contributed by atoms with Gasteiger partial charge in [0, 0.05) is 31.7 Å². The van der Waals surface area contributed by atoms with Gasteiger partial charge in [0.25, 0.3) is 0 Å². The number of nitrogens with zero attached hydrogens (tertiary/aromatic N) is 2. The zero-order chi connectivity index (χ0) is 25.5. The molecule has 0 radical (unpaired) electrons. The Bertz CT molecular complexity index is 1140. The molecule has 3 aromatic rings.